The van der Waals surface area contributed by atoms with Crippen LogP contribution in [-0.4, -0.2) is 21.5 Å². The molecule has 0 radical (unpaired) electrons. The summed E-state index contributed by atoms with van der Waals surface area (Å²) in [4.78, 5) is 4.31. The monoisotopic (exact) mass is 277 g/mol. The maximum absolute atomic E-state index is 10.1. The number of ether oxygens (including phenoxy) is 1. The van der Waals surface area contributed by atoms with Gasteiger partial charge in [-0.2, -0.15) is 0 Å². The Labute approximate surface area is 119 Å². The molecule has 0 bridgehead atoms. The minimum atomic E-state index is -0.802. The predicted molar refractivity (Wildman–Crippen MR) is 75.4 cm³/mol. The van der Waals surface area contributed by atoms with Gasteiger partial charge in [0.2, 0.25) is 0 Å². The summed E-state index contributed by atoms with van der Waals surface area (Å²) in [6.07, 6.45) is 10.8. The normalized spacial score (nSPS) is 28.4. The third-order valence-electron chi connectivity index (χ3n) is 4.48. The number of aliphatic hydroxyl groups is 1. The van der Waals surface area contributed by atoms with Crippen molar-refractivity contribution < 1.29 is 14.9 Å². The summed E-state index contributed by atoms with van der Waals surface area (Å²) in [5, 5.41) is 19.3. The van der Waals surface area contributed by atoms with Crippen molar-refractivity contribution in [2.45, 2.75) is 69.7 Å². The molecule has 1 saturated heterocycles. The summed E-state index contributed by atoms with van der Waals surface area (Å²) in [6.45, 7) is 0. The Morgan fingerprint density at radius 2 is 1.65 bits per heavy atom. The number of aromatic hydroxyl groups is 1. The number of hydrogen-bond acceptors (Lipinski definition) is 4. The van der Waals surface area contributed by atoms with Gasteiger partial charge in [-0.3, -0.25) is 4.98 Å². The first kappa shape index (κ1) is 13.8. The number of rotatable bonds is 2. The molecule has 1 saturated carbocycles. The molecule has 4 nitrogen and oxygen atoms in total. The van der Waals surface area contributed by atoms with Crippen LogP contribution in [0.15, 0.2) is 12.3 Å². The molecule has 1 aliphatic carbocycles. The van der Waals surface area contributed by atoms with Gasteiger partial charge in [0.25, 0.3) is 0 Å². The summed E-state index contributed by atoms with van der Waals surface area (Å²) in [7, 11) is 0. The lowest BCUT2D eigenvalue weighted by molar-refractivity contribution is 0.156. The Morgan fingerprint density at radius 1 is 1.05 bits per heavy atom. The van der Waals surface area contributed by atoms with Crippen LogP contribution in [0.3, 0.4) is 0 Å². The van der Waals surface area contributed by atoms with Gasteiger partial charge in [-0.25, -0.2) is 0 Å². The Bertz CT molecular complexity index is 453. The summed E-state index contributed by atoms with van der Waals surface area (Å²) >= 11 is 0. The summed E-state index contributed by atoms with van der Waals surface area (Å²) in [5.41, 5.74) is 1.59. The van der Waals surface area contributed by atoms with E-state index in [0.29, 0.717) is 11.6 Å². The van der Waals surface area contributed by atoms with Crippen LogP contribution in [-0.2, 0) is 4.74 Å². The molecule has 20 heavy (non-hydrogen) atoms. The van der Waals surface area contributed by atoms with Crippen LogP contribution >= 0.6 is 0 Å². The minimum Gasteiger partial charge on any atom is -0.506 e. The molecular weight excluding hydrogens is 254 g/mol. The zero-order valence-electron chi connectivity index (χ0n) is 11.8. The lowest BCUT2D eigenvalue weighted by atomic mass is 9.90. The molecule has 0 amide bonds. The highest BCUT2D eigenvalue weighted by atomic mass is 16.7. The van der Waals surface area contributed by atoms with E-state index < -0.39 is 12.4 Å². The fourth-order valence-electron chi connectivity index (χ4n) is 3.19. The van der Waals surface area contributed by atoms with Crippen molar-refractivity contribution in [3.05, 3.63) is 23.5 Å². The van der Waals surface area contributed by atoms with Crippen LogP contribution in [0.25, 0.3) is 0 Å². The molecule has 2 N–H and O–H groups in total. The van der Waals surface area contributed by atoms with E-state index in [4.69, 9.17) is 4.74 Å². The Hall–Kier alpha value is -1.13. The average molecular weight is 277 g/mol. The number of pyridine rings is 1. The van der Waals surface area contributed by atoms with Gasteiger partial charge in [0.05, 0.1) is 0 Å². The van der Waals surface area contributed by atoms with Gasteiger partial charge in [-0.15, -0.1) is 0 Å². The van der Waals surface area contributed by atoms with Crippen molar-refractivity contribution in [1.29, 1.82) is 0 Å². The fourth-order valence-corrected chi connectivity index (χ4v) is 3.19. The second-order valence-corrected chi connectivity index (χ2v) is 6.02. The highest BCUT2D eigenvalue weighted by molar-refractivity contribution is 5.35. The molecule has 2 aliphatic rings. The van der Waals surface area contributed by atoms with Crippen molar-refractivity contribution in [2.24, 2.45) is 0 Å². The quantitative estimate of drug-likeness (QED) is 0.813. The van der Waals surface area contributed by atoms with E-state index in [-0.39, 0.29) is 5.75 Å². The summed E-state index contributed by atoms with van der Waals surface area (Å²) in [5.74, 6) is 0.662. The lowest BCUT2D eigenvalue weighted by Gasteiger charge is -2.16. The maximum atomic E-state index is 10.1. The van der Waals surface area contributed by atoms with Gasteiger partial charge < -0.3 is 14.9 Å². The third kappa shape index (κ3) is 3.13. The molecule has 3 rings (SSSR count). The molecule has 4 heteroatoms. The molecule has 0 aromatic carbocycles. The van der Waals surface area contributed by atoms with E-state index >= 15 is 0 Å². The van der Waals surface area contributed by atoms with E-state index in [9.17, 15) is 10.2 Å². The number of nitrogens with zero attached hydrogens (tertiary/aromatic N) is 1. The maximum Gasteiger partial charge on any atom is 0.188 e. The van der Waals surface area contributed by atoms with Crippen molar-refractivity contribution >= 4 is 0 Å². The second-order valence-electron chi connectivity index (χ2n) is 6.02. The van der Waals surface area contributed by atoms with Crippen LogP contribution in [0.4, 0.5) is 0 Å². The van der Waals surface area contributed by atoms with Crippen LogP contribution < -0.4 is 0 Å². The van der Waals surface area contributed by atoms with Crippen LogP contribution in [0.1, 0.15) is 74.6 Å². The van der Waals surface area contributed by atoms with Crippen molar-refractivity contribution in [1.82, 2.24) is 4.98 Å². The van der Waals surface area contributed by atoms with E-state index in [1.54, 1.807) is 0 Å². The van der Waals surface area contributed by atoms with Crippen LogP contribution in [0.2, 0.25) is 0 Å². The molecular formula is C16H23NO3. The Morgan fingerprint density at radius 3 is 2.20 bits per heavy atom. The Kier molecular flexibility index (Phi) is 4.22. The van der Waals surface area contributed by atoms with Gasteiger partial charge in [-0.05, 0) is 30.4 Å². The van der Waals surface area contributed by atoms with Gasteiger partial charge in [0.1, 0.15) is 11.4 Å². The van der Waals surface area contributed by atoms with Crippen molar-refractivity contribution in [3.63, 3.8) is 0 Å². The smallest absolute Gasteiger partial charge is 0.188 e. The average Bonchev–Trinajstić information content (AvgIpc) is 3.12. The van der Waals surface area contributed by atoms with Gasteiger partial charge in [0.15, 0.2) is 12.4 Å². The molecule has 0 spiro atoms. The van der Waals surface area contributed by atoms with Gasteiger partial charge in [-0.1, -0.05) is 38.5 Å². The SMILES string of the molecule is Oc1cc(C2CCCCCCCC2)cnc1C1OC1O. The van der Waals surface area contributed by atoms with Gasteiger partial charge >= 0.3 is 0 Å². The first-order chi connectivity index (χ1) is 9.75. The number of aliphatic hydroxyl groups excluding tert-OH is 1. The van der Waals surface area contributed by atoms with E-state index in [2.05, 4.69) is 4.98 Å². The topological polar surface area (TPSA) is 65.9 Å². The Balaban J connectivity index is 1.73. The first-order valence-electron chi connectivity index (χ1n) is 7.78. The third-order valence-corrected chi connectivity index (χ3v) is 4.48. The molecule has 2 fully saturated rings. The first-order valence-corrected chi connectivity index (χ1v) is 7.78. The summed E-state index contributed by atoms with van der Waals surface area (Å²) < 4.78 is 4.96. The predicted octanol–water partition coefficient (Wildman–Crippen LogP) is 3.39. The molecule has 1 aromatic heterocycles. The lowest BCUT2D eigenvalue weighted by Crippen LogP contribution is -2.01. The molecule has 2 atom stereocenters. The number of hydrogen-bond donors (Lipinski definition) is 2. The number of epoxide rings is 1. The highest BCUT2D eigenvalue weighted by Crippen LogP contribution is 2.41. The molecule has 2 heterocycles. The largest absolute Gasteiger partial charge is 0.506 e. The van der Waals surface area contributed by atoms with Crippen molar-refractivity contribution in [2.75, 3.05) is 0 Å². The van der Waals surface area contributed by atoms with Crippen molar-refractivity contribution in [3.8, 4) is 5.75 Å². The van der Waals surface area contributed by atoms with E-state index in [0.717, 1.165) is 5.56 Å². The second kappa shape index (κ2) is 6.10. The van der Waals surface area contributed by atoms with E-state index in [1.807, 2.05) is 12.3 Å². The van der Waals surface area contributed by atoms with Crippen LogP contribution in [0, 0.1) is 0 Å². The van der Waals surface area contributed by atoms with Gasteiger partial charge in [0, 0.05) is 6.20 Å². The molecule has 110 valence electrons. The zero-order valence-corrected chi connectivity index (χ0v) is 11.8. The minimum absolute atomic E-state index is 0.156. The summed E-state index contributed by atoms with van der Waals surface area (Å²) in [6, 6.07) is 1.82. The highest BCUT2D eigenvalue weighted by Gasteiger charge is 2.41. The van der Waals surface area contributed by atoms with E-state index in [1.165, 1.54) is 51.4 Å². The fraction of sp³-hybridized carbons (Fsp3) is 0.688. The van der Waals surface area contributed by atoms with Crippen LogP contribution in [0.5, 0.6) is 5.75 Å². The standard InChI is InChI=1S/C16H23NO3/c18-13-9-12(10-17-14(13)15-16(19)20-15)11-7-5-3-1-2-4-6-8-11/h9-11,15-16,18-19H,1-8H2. The molecule has 1 aliphatic heterocycles. The zero-order chi connectivity index (χ0) is 13.9. The number of aromatic nitrogens is 1. The molecule has 1 aromatic rings. The molecule has 2 unspecified atom stereocenters.